The maximum atomic E-state index is 13.4. The van der Waals surface area contributed by atoms with Crippen LogP contribution in [0.4, 0.5) is 5.13 Å². The van der Waals surface area contributed by atoms with Crippen LogP contribution in [-0.2, 0) is 9.84 Å². The van der Waals surface area contributed by atoms with Crippen LogP contribution in [0.25, 0.3) is 11.3 Å². The zero-order chi connectivity index (χ0) is 22.3. The number of halogens is 2. The molecule has 0 N–H and O–H groups in total. The van der Waals surface area contributed by atoms with Gasteiger partial charge in [-0.1, -0.05) is 47.0 Å². The van der Waals surface area contributed by atoms with E-state index in [0.717, 1.165) is 33.1 Å². The zero-order valence-electron chi connectivity index (χ0n) is 17.7. The second kappa shape index (κ2) is 8.74. The molecule has 0 amide bonds. The smallest absolute Gasteiger partial charge is 0.185 e. The molecule has 1 aliphatic rings. The van der Waals surface area contributed by atoms with Crippen LogP contribution in [0, 0.1) is 20.8 Å². The Morgan fingerprint density at radius 2 is 1.65 bits per heavy atom. The minimum Gasteiger partial charge on any atom is -0.348 e. The Kier molecular flexibility index (Phi) is 6.37. The number of anilines is 1. The Bertz CT molecular complexity index is 1210. The second-order valence-electron chi connectivity index (χ2n) is 8.10. The van der Waals surface area contributed by atoms with Crippen LogP contribution >= 0.6 is 34.5 Å². The van der Waals surface area contributed by atoms with E-state index in [4.69, 9.17) is 28.2 Å². The molecule has 0 unspecified atom stereocenters. The fraction of sp³-hybridized carbons (Fsp3) is 0.348. The molecule has 1 saturated heterocycles. The van der Waals surface area contributed by atoms with Gasteiger partial charge in [-0.05, 0) is 56.9 Å². The maximum absolute atomic E-state index is 13.4. The predicted molar refractivity (Wildman–Crippen MR) is 131 cm³/mol. The van der Waals surface area contributed by atoms with Crippen molar-refractivity contribution < 1.29 is 8.42 Å². The van der Waals surface area contributed by atoms with Crippen molar-refractivity contribution in [2.45, 2.75) is 43.8 Å². The van der Waals surface area contributed by atoms with E-state index in [-0.39, 0.29) is 5.25 Å². The highest BCUT2D eigenvalue weighted by atomic mass is 35.5. The van der Waals surface area contributed by atoms with Gasteiger partial charge in [0.2, 0.25) is 0 Å². The molecule has 4 rings (SSSR count). The highest BCUT2D eigenvalue weighted by Gasteiger charge is 2.34. The summed E-state index contributed by atoms with van der Waals surface area (Å²) in [6.45, 7) is 7.11. The van der Waals surface area contributed by atoms with Gasteiger partial charge in [-0.3, -0.25) is 0 Å². The van der Waals surface area contributed by atoms with Gasteiger partial charge in [0, 0.05) is 24.0 Å². The van der Waals surface area contributed by atoms with E-state index in [1.54, 1.807) is 17.4 Å². The first-order valence-corrected chi connectivity index (χ1v) is 13.3. The highest BCUT2D eigenvalue weighted by Crippen LogP contribution is 2.35. The molecule has 0 aliphatic carbocycles. The topological polar surface area (TPSA) is 50.3 Å². The molecular weight excluding hydrogens is 471 g/mol. The standard InChI is InChI=1S/C23H24Cl2N2O2S2/c1-14-10-15(2)22(16(3)11-14)31(28,29)18-6-8-27(9-7-18)23-26-21(13-30-23)17-4-5-19(24)20(25)12-17/h4-5,10-13,18H,6-9H2,1-3H3. The van der Waals surface area contributed by atoms with Gasteiger partial charge in [0.25, 0.3) is 0 Å². The second-order valence-corrected chi connectivity index (χ2v) is 11.9. The molecule has 1 fully saturated rings. The van der Waals surface area contributed by atoms with E-state index < -0.39 is 9.84 Å². The number of benzene rings is 2. The highest BCUT2D eigenvalue weighted by molar-refractivity contribution is 7.92. The Morgan fingerprint density at radius 3 is 2.26 bits per heavy atom. The third kappa shape index (κ3) is 4.49. The number of rotatable bonds is 4. The Morgan fingerprint density at radius 1 is 1.00 bits per heavy atom. The average molecular weight is 495 g/mol. The predicted octanol–water partition coefficient (Wildman–Crippen LogP) is 6.48. The molecule has 2 aromatic carbocycles. The molecule has 0 spiro atoms. The molecule has 1 aliphatic heterocycles. The van der Waals surface area contributed by atoms with Crippen molar-refractivity contribution in [3.05, 3.63) is 62.4 Å². The SMILES string of the molecule is Cc1cc(C)c(S(=O)(=O)C2CCN(c3nc(-c4ccc(Cl)c(Cl)c4)cs3)CC2)c(C)c1. The van der Waals surface area contributed by atoms with Crippen molar-refractivity contribution in [3.63, 3.8) is 0 Å². The first-order chi connectivity index (χ1) is 14.7. The van der Waals surface area contributed by atoms with E-state index in [0.29, 0.717) is 40.9 Å². The Balaban J connectivity index is 1.49. The van der Waals surface area contributed by atoms with Crippen LogP contribution in [0.5, 0.6) is 0 Å². The third-order valence-electron chi connectivity index (χ3n) is 5.75. The van der Waals surface area contributed by atoms with Gasteiger partial charge in [0.15, 0.2) is 15.0 Å². The normalized spacial score (nSPS) is 15.5. The van der Waals surface area contributed by atoms with Gasteiger partial charge in [-0.15, -0.1) is 11.3 Å². The van der Waals surface area contributed by atoms with E-state index in [2.05, 4.69) is 4.90 Å². The molecular formula is C23H24Cl2N2O2S2. The van der Waals surface area contributed by atoms with Crippen molar-refractivity contribution in [3.8, 4) is 11.3 Å². The molecule has 2 heterocycles. The zero-order valence-corrected chi connectivity index (χ0v) is 20.8. The number of hydrogen-bond acceptors (Lipinski definition) is 5. The summed E-state index contributed by atoms with van der Waals surface area (Å²) in [5.41, 5.74) is 4.53. The molecule has 0 saturated carbocycles. The lowest BCUT2D eigenvalue weighted by Gasteiger charge is -2.32. The minimum absolute atomic E-state index is 0.363. The summed E-state index contributed by atoms with van der Waals surface area (Å²) in [6.07, 6.45) is 1.19. The molecule has 0 radical (unpaired) electrons. The van der Waals surface area contributed by atoms with Crippen molar-refractivity contribution in [1.29, 1.82) is 0 Å². The molecule has 4 nitrogen and oxygen atoms in total. The minimum atomic E-state index is -3.36. The van der Waals surface area contributed by atoms with E-state index in [1.165, 1.54) is 0 Å². The van der Waals surface area contributed by atoms with Crippen LogP contribution in [0.3, 0.4) is 0 Å². The third-order valence-corrected chi connectivity index (χ3v) is 9.95. The van der Waals surface area contributed by atoms with Gasteiger partial charge in [0.05, 0.1) is 25.9 Å². The number of nitrogens with zero attached hydrogens (tertiary/aromatic N) is 2. The molecule has 164 valence electrons. The van der Waals surface area contributed by atoms with E-state index in [9.17, 15) is 8.42 Å². The number of hydrogen-bond donors (Lipinski definition) is 0. The summed E-state index contributed by atoms with van der Waals surface area (Å²) in [5, 5.41) is 3.55. The summed E-state index contributed by atoms with van der Waals surface area (Å²) in [5.74, 6) is 0. The largest absolute Gasteiger partial charge is 0.348 e. The summed E-state index contributed by atoms with van der Waals surface area (Å²) < 4.78 is 26.8. The number of piperidine rings is 1. The molecule has 31 heavy (non-hydrogen) atoms. The van der Waals surface area contributed by atoms with Gasteiger partial charge >= 0.3 is 0 Å². The van der Waals surface area contributed by atoms with Crippen molar-refractivity contribution in [1.82, 2.24) is 4.98 Å². The van der Waals surface area contributed by atoms with Crippen molar-refractivity contribution in [2.24, 2.45) is 0 Å². The Hall–Kier alpha value is -1.60. The van der Waals surface area contributed by atoms with E-state index in [1.807, 2.05) is 50.4 Å². The number of aromatic nitrogens is 1. The first-order valence-electron chi connectivity index (χ1n) is 10.1. The molecule has 8 heteroatoms. The molecule has 0 bridgehead atoms. The molecule has 1 aromatic heterocycles. The summed E-state index contributed by atoms with van der Waals surface area (Å²) in [4.78, 5) is 7.43. The summed E-state index contributed by atoms with van der Waals surface area (Å²) in [7, 11) is -3.36. The lowest BCUT2D eigenvalue weighted by Crippen LogP contribution is -2.39. The lowest BCUT2D eigenvalue weighted by molar-refractivity contribution is 0.528. The quantitative estimate of drug-likeness (QED) is 0.416. The number of thiazole rings is 1. The van der Waals surface area contributed by atoms with Crippen molar-refractivity contribution in [2.75, 3.05) is 18.0 Å². The van der Waals surface area contributed by atoms with E-state index >= 15 is 0 Å². The van der Waals surface area contributed by atoms with Gasteiger partial charge in [-0.2, -0.15) is 0 Å². The van der Waals surface area contributed by atoms with Crippen LogP contribution in [0.15, 0.2) is 40.6 Å². The van der Waals surface area contributed by atoms with Crippen LogP contribution in [0.2, 0.25) is 10.0 Å². The lowest BCUT2D eigenvalue weighted by atomic mass is 10.1. The Labute approximate surface area is 197 Å². The van der Waals surface area contributed by atoms with Crippen LogP contribution in [-0.4, -0.2) is 31.7 Å². The summed E-state index contributed by atoms with van der Waals surface area (Å²) >= 11 is 13.7. The van der Waals surface area contributed by atoms with Gasteiger partial charge in [-0.25, -0.2) is 13.4 Å². The van der Waals surface area contributed by atoms with Crippen LogP contribution < -0.4 is 4.90 Å². The van der Waals surface area contributed by atoms with Gasteiger partial charge in [0.1, 0.15) is 0 Å². The van der Waals surface area contributed by atoms with Gasteiger partial charge < -0.3 is 4.90 Å². The van der Waals surface area contributed by atoms with Crippen LogP contribution in [0.1, 0.15) is 29.5 Å². The number of aryl methyl sites for hydroxylation is 3. The average Bonchev–Trinajstić information content (AvgIpc) is 3.19. The molecule has 0 atom stereocenters. The van der Waals surface area contributed by atoms with Crippen molar-refractivity contribution >= 4 is 49.5 Å². The molecule has 3 aromatic rings. The first kappa shape index (κ1) is 22.6. The fourth-order valence-corrected chi connectivity index (χ4v) is 7.70. The summed E-state index contributed by atoms with van der Waals surface area (Å²) in [6, 6.07) is 9.39. The number of sulfone groups is 1. The monoisotopic (exact) mass is 494 g/mol. The maximum Gasteiger partial charge on any atom is 0.185 e. The fourth-order valence-electron chi connectivity index (χ4n) is 4.34.